The number of hydrogen-bond acceptors (Lipinski definition) is 3. The summed E-state index contributed by atoms with van der Waals surface area (Å²) in [4.78, 5) is 21.5. The van der Waals surface area contributed by atoms with Crippen LogP contribution in [-0.2, 0) is 9.59 Å². The smallest absolute Gasteiger partial charge is 0.328 e. The standard InChI is InChI=1S/C11H17NO3S/c1-2-16-9-4-3-8(7-9)12-10(13)5-6-11(14)15/h5-6,8-9H,2-4,7H2,1H3,(H,12,13)(H,14,15)/b6-5+. The van der Waals surface area contributed by atoms with Crippen LogP contribution in [0, 0.1) is 0 Å². The van der Waals surface area contributed by atoms with Gasteiger partial charge in [0.2, 0.25) is 5.91 Å². The van der Waals surface area contributed by atoms with Gasteiger partial charge in [-0.05, 0) is 25.0 Å². The number of nitrogens with one attached hydrogen (secondary N) is 1. The maximum absolute atomic E-state index is 11.3. The van der Waals surface area contributed by atoms with Crippen LogP contribution in [0.15, 0.2) is 12.2 Å². The van der Waals surface area contributed by atoms with Crippen LogP contribution in [0.3, 0.4) is 0 Å². The number of rotatable bonds is 5. The molecule has 2 N–H and O–H groups in total. The molecule has 0 heterocycles. The topological polar surface area (TPSA) is 66.4 Å². The number of amides is 1. The minimum absolute atomic E-state index is 0.204. The highest BCUT2D eigenvalue weighted by Crippen LogP contribution is 2.29. The Morgan fingerprint density at radius 1 is 1.44 bits per heavy atom. The zero-order valence-electron chi connectivity index (χ0n) is 9.31. The molecule has 4 nitrogen and oxygen atoms in total. The molecule has 0 saturated heterocycles. The Morgan fingerprint density at radius 2 is 2.19 bits per heavy atom. The van der Waals surface area contributed by atoms with Crippen molar-refractivity contribution < 1.29 is 14.7 Å². The maximum atomic E-state index is 11.3. The minimum atomic E-state index is -1.10. The average Bonchev–Trinajstić information content (AvgIpc) is 2.63. The van der Waals surface area contributed by atoms with Crippen LogP contribution in [0.1, 0.15) is 26.2 Å². The van der Waals surface area contributed by atoms with Gasteiger partial charge in [0, 0.05) is 23.4 Å². The maximum Gasteiger partial charge on any atom is 0.328 e. The summed E-state index contributed by atoms with van der Waals surface area (Å²) in [6.07, 6.45) is 5.05. The summed E-state index contributed by atoms with van der Waals surface area (Å²) in [5, 5.41) is 11.8. The van der Waals surface area contributed by atoms with Crippen LogP contribution in [0.4, 0.5) is 0 Å². The zero-order chi connectivity index (χ0) is 12.0. The number of aliphatic carboxylic acids is 1. The summed E-state index contributed by atoms with van der Waals surface area (Å²) in [5.41, 5.74) is 0. The highest BCUT2D eigenvalue weighted by Gasteiger charge is 2.24. The monoisotopic (exact) mass is 243 g/mol. The lowest BCUT2D eigenvalue weighted by atomic mass is 10.2. The van der Waals surface area contributed by atoms with Gasteiger partial charge in [-0.1, -0.05) is 6.92 Å². The van der Waals surface area contributed by atoms with E-state index in [0.717, 1.165) is 37.2 Å². The highest BCUT2D eigenvalue weighted by atomic mass is 32.2. The highest BCUT2D eigenvalue weighted by molar-refractivity contribution is 7.99. The van der Waals surface area contributed by atoms with Gasteiger partial charge in [0.05, 0.1) is 0 Å². The molecule has 1 amide bonds. The van der Waals surface area contributed by atoms with Crippen molar-refractivity contribution in [2.45, 2.75) is 37.5 Å². The summed E-state index contributed by atoms with van der Waals surface area (Å²) in [6, 6.07) is 0.204. The first kappa shape index (κ1) is 13.1. The van der Waals surface area contributed by atoms with E-state index in [-0.39, 0.29) is 11.9 Å². The lowest BCUT2D eigenvalue weighted by Crippen LogP contribution is -2.31. The molecule has 0 spiro atoms. The van der Waals surface area contributed by atoms with E-state index in [1.54, 1.807) is 0 Å². The molecular weight excluding hydrogens is 226 g/mol. The zero-order valence-corrected chi connectivity index (χ0v) is 10.1. The van der Waals surface area contributed by atoms with Crippen LogP contribution >= 0.6 is 11.8 Å². The molecule has 16 heavy (non-hydrogen) atoms. The first-order valence-corrected chi connectivity index (χ1v) is 6.49. The van der Waals surface area contributed by atoms with Crippen molar-refractivity contribution in [1.82, 2.24) is 5.32 Å². The molecule has 1 saturated carbocycles. The third-order valence-corrected chi connectivity index (χ3v) is 3.74. The van der Waals surface area contributed by atoms with Crippen molar-refractivity contribution in [1.29, 1.82) is 0 Å². The number of carbonyl (C=O) groups excluding carboxylic acids is 1. The Labute approximate surface area is 99.5 Å². The van der Waals surface area contributed by atoms with Crippen LogP contribution in [0.2, 0.25) is 0 Å². The number of hydrogen-bond donors (Lipinski definition) is 2. The van der Waals surface area contributed by atoms with E-state index in [0.29, 0.717) is 5.25 Å². The fourth-order valence-electron chi connectivity index (χ4n) is 1.85. The van der Waals surface area contributed by atoms with Crippen molar-refractivity contribution in [3.8, 4) is 0 Å². The quantitative estimate of drug-likeness (QED) is 0.717. The van der Waals surface area contributed by atoms with Gasteiger partial charge < -0.3 is 10.4 Å². The summed E-state index contributed by atoms with van der Waals surface area (Å²) >= 11 is 1.92. The Bertz CT molecular complexity index is 291. The molecule has 1 aliphatic rings. The lowest BCUT2D eigenvalue weighted by molar-refractivity contribution is -0.131. The van der Waals surface area contributed by atoms with Gasteiger partial charge in [-0.15, -0.1) is 0 Å². The van der Waals surface area contributed by atoms with Gasteiger partial charge in [0.15, 0.2) is 0 Å². The van der Waals surface area contributed by atoms with Gasteiger partial charge in [-0.3, -0.25) is 4.79 Å². The van der Waals surface area contributed by atoms with Gasteiger partial charge in [0.1, 0.15) is 0 Å². The predicted octanol–water partition coefficient (Wildman–Crippen LogP) is 1.42. The first-order chi connectivity index (χ1) is 7.61. The van der Waals surface area contributed by atoms with Crippen molar-refractivity contribution in [2.75, 3.05) is 5.75 Å². The van der Waals surface area contributed by atoms with Gasteiger partial charge in [-0.2, -0.15) is 11.8 Å². The fraction of sp³-hybridized carbons (Fsp3) is 0.636. The Balaban J connectivity index is 2.28. The average molecular weight is 243 g/mol. The van der Waals surface area contributed by atoms with Crippen molar-refractivity contribution in [3.63, 3.8) is 0 Å². The van der Waals surface area contributed by atoms with E-state index in [4.69, 9.17) is 5.11 Å². The van der Waals surface area contributed by atoms with E-state index >= 15 is 0 Å². The van der Waals surface area contributed by atoms with Crippen LogP contribution in [0.5, 0.6) is 0 Å². The number of thioether (sulfide) groups is 1. The molecule has 0 aromatic carbocycles. The van der Waals surface area contributed by atoms with E-state index in [1.165, 1.54) is 0 Å². The third kappa shape index (κ3) is 4.70. The SMILES string of the molecule is CCSC1CCC(NC(=O)/C=C/C(=O)O)C1. The fourth-order valence-corrected chi connectivity index (χ4v) is 3.00. The third-order valence-electron chi connectivity index (χ3n) is 2.51. The molecule has 1 fully saturated rings. The first-order valence-electron chi connectivity index (χ1n) is 5.45. The summed E-state index contributed by atoms with van der Waals surface area (Å²) < 4.78 is 0. The molecule has 0 bridgehead atoms. The van der Waals surface area contributed by atoms with Crippen molar-refractivity contribution >= 4 is 23.6 Å². The van der Waals surface area contributed by atoms with Gasteiger partial charge >= 0.3 is 5.97 Å². The molecule has 1 rings (SSSR count). The molecule has 2 unspecified atom stereocenters. The van der Waals surface area contributed by atoms with Gasteiger partial charge in [0.25, 0.3) is 0 Å². The van der Waals surface area contributed by atoms with E-state index in [2.05, 4.69) is 12.2 Å². The predicted molar refractivity (Wildman–Crippen MR) is 64.5 cm³/mol. The second kappa shape index (κ2) is 6.58. The molecule has 90 valence electrons. The molecule has 1 aliphatic carbocycles. The van der Waals surface area contributed by atoms with E-state index in [1.807, 2.05) is 11.8 Å². The minimum Gasteiger partial charge on any atom is -0.478 e. The molecule has 0 aromatic heterocycles. The summed E-state index contributed by atoms with van der Waals surface area (Å²) in [5.74, 6) is -0.305. The second-order valence-corrected chi connectivity index (χ2v) is 5.34. The second-order valence-electron chi connectivity index (χ2n) is 3.77. The molecule has 0 aromatic rings. The lowest BCUT2D eigenvalue weighted by Gasteiger charge is -2.11. The Morgan fingerprint density at radius 3 is 2.81 bits per heavy atom. The molecule has 0 aliphatic heterocycles. The van der Waals surface area contributed by atoms with Crippen LogP contribution in [0.25, 0.3) is 0 Å². The summed E-state index contributed by atoms with van der Waals surface area (Å²) in [7, 11) is 0. The Hall–Kier alpha value is -0.970. The molecule has 0 radical (unpaired) electrons. The largest absolute Gasteiger partial charge is 0.478 e. The van der Waals surface area contributed by atoms with E-state index in [9.17, 15) is 9.59 Å². The number of carbonyl (C=O) groups is 2. The Kier molecular flexibility index (Phi) is 5.38. The van der Waals surface area contributed by atoms with Crippen molar-refractivity contribution in [3.05, 3.63) is 12.2 Å². The number of carboxylic acid groups (broad SMARTS) is 1. The molecular formula is C11H17NO3S. The molecule has 5 heteroatoms. The normalized spacial score (nSPS) is 24.8. The van der Waals surface area contributed by atoms with Crippen LogP contribution < -0.4 is 5.32 Å². The number of carboxylic acids is 1. The summed E-state index contributed by atoms with van der Waals surface area (Å²) in [6.45, 7) is 2.13. The van der Waals surface area contributed by atoms with E-state index < -0.39 is 5.97 Å². The van der Waals surface area contributed by atoms with Crippen LogP contribution in [-0.4, -0.2) is 34.0 Å². The molecule has 2 atom stereocenters. The van der Waals surface area contributed by atoms with Gasteiger partial charge in [-0.25, -0.2) is 4.79 Å². The van der Waals surface area contributed by atoms with Crippen molar-refractivity contribution in [2.24, 2.45) is 0 Å².